The molecule has 0 amide bonds. The first-order valence-electron chi connectivity index (χ1n) is 7.03. The summed E-state index contributed by atoms with van der Waals surface area (Å²) < 4.78 is 6.27. The zero-order chi connectivity index (χ0) is 11.7. The van der Waals surface area contributed by atoms with E-state index in [4.69, 9.17) is 4.65 Å². The van der Waals surface area contributed by atoms with E-state index >= 15 is 0 Å². The van der Waals surface area contributed by atoms with Crippen molar-refractivity contribution in [2.24, 2.45) is 5.92 Å². The van der Waals surface area contributed by atoms with Gasteiger partial charge in [-0.3, -0.25) is 0 Å². The maximum atomic E-state index is 6.27. The molecule has 1 saturated heterocycles. The average molecular weight is 228 g/mol. The molecule has 1 unspecified atom stereocenters. The summed E-state index contributed by atoms with van der Waals surface area (Å²) in [7, 11) is 0. The van der Waals surface area contributed by atoms with E-state index < -0.39 is 0 Å². The predicted octanol–water partition coefficient (Wildman–Crippen LogP) is 4.01. The van der Waals surface area contributed by atoms with Crippen LogP contribution >= 0.6 is 0 Å². The molecule has 1 heterocycles. The van der Waals surface area contributed by atoms with Crippen molar-refractivity contribution in [2.75, 3.05) is 0 Å². The molecule has 0 aromatic heterocycles. The molecule has 0 N–H and O–H groups in total. The van der Waals surface area contributed by atoms with Gasteiger partial charge in [0.05, 0.1) is 0 Å². The fourth-order valence-corrected chi connectivity index (χ4v) is 3.71. The van der Waals surface area contributed by atoms with Crippen LogP contribution in [0.25, 0.3) is 0 Å². The van der Waals surface area contributed by atoms with E-state index in [0.717, 1.165) is 5.82 Å². The molecule has 0 aromatic rings. The number of fused-ring (bicyclic) bond motifs is 1. The highest BCUT2D eigenvalue weighted by Gasteiger charge is 2.47. The normalized spacial score (nSPS) is 42.9. The Morgan fingerprint density at radius 2 is 1.71 bits per heavy atom. The Morgan fingerprint density at radius 3 is 2.47 bits per heavy atom. The van der Waals surface area contributed by atoms with Gasteiger partial charge in [0.15, 0.2) is 0 Å². The van der Waals surface area contributed by atoms with Crippen LogP contribution in [0.5, 0.6) is 0 Å². The van der Waals surface area contributed by atoms with Gasteiger partial charge in [-0.2, -0.15) is 0 Å². The molecular formula is C15H21BO. The van der Waals surface area contributed by atoms with Gasteiger partial charge in [0.25, 0.3) is 0 Å². The Hall–Kier alpha value is -0.755. The Morgan fingerprint density at radius 1 is 1.00 bits per heavy atom. The topological polar surface area (TPSA) is 9.23 Å². The minimum atomic E-state index is 0.373. The van der Waals surface area contributed by atoms with Gasteiger partial charge in [0, 0.05) is 12.0 Å². The second-order valence-corrected chi connectivity index (χ2v) is 5.66. The fourth-order valence-electron chi connectivity index (χ4n) is 3.71. The molecule has 2 aliphatic carbocycles. The predicted molar refractivity (Wildman–Crippen MR) is 73.2 cm³/mol. The lowest BCUT2D eigenvalue weighted by Crippen LogP contribution is -2.23. The van der Waals surface area contributed by atoms with Gasteiger partial charge in [0.1, 0.15) is 0 Å². The minimum Gasteiger partial charge on any atom is -0.432 e. The Kier molecular flexibility index (Phi) is 3.24. The lowest BCUT2D eigenvalue weighted by Gasteiger charge is -2.20. The van der Waals surface area contributed by atoms with Gasteiger partial charge in [-0.1, -0.05) is 62.1 Å². The Bertz CT molecular complexity index is 352. The third kappa shape index (κ3) is 2.15. The van der Waals surface area contributed by atoms with Gasteiger partial charge >= 0.3 is 6.92 Å². The highest BCUT2D eigenvalue weighted by Crippen LogP contribution is 2.47. The largest absolute Gasteiger partial charge is 0.432 e. The summed E-state index contributed by atoms with van der Waals surface area (Å²) in [6.45, 7) is 2.70. The van der Waals surface area contributed by atoms with Crippen molar-refractivity contribution in [3.05, 3.63) is 36.5 Å². The molecule has 0 aromatic carbocycles. The summed E-state index contributed by atoms with van der Waals surface area (Å²) in [6.07, 6.45) is 19.2. The van der Waals surface area contributed by atoms with Gasteiger partial charge < -0.3 is 4.65 Å². The van der Waals surface area contributed by atoms with Gasteiger partial charge in [-0.15, -0.1) is 0 Å². The van der Waals surface area contributed by atoms with Crippen LogP contribution in [0.1, 0.15) is 32.6 Å². The summed E-state index contributed by atoms with van der Waals surface area (Å²) >= 11 is 0. The van der Waals surface area contributed by atoms with Gasteiger partial charge in [-0.05, 0) is 18.6 Å². The average Bonchev–Trinajstić information content (AvgIpc) is 2.87. The number of hydrogen-bond donors (Lipinski definition) is 0. The van der Waals surface area contributed by atoms with E-state index in [9.17, 15) is 0 Å². The van der Waals surface area contributed by atoms with Crippen LogP contribution < -0.4 is 0 Å². The SMILES string of the molecule is CC1OB(C2CCCC2)[C@@H]2\C=C/C=C\C=C/[C@H]12. The van der Waals surface area contributed by atoms with Crippen molar-refractivity contribution >= 4 is 6.92 Å². The molecule has 0 spiro atoms. The zero-order valence-corrected chi connectivity index (χ0v) is 10.6. The number of rotatable bonds is 1. The number of hydrogen-bond acceptors (Lipinski definition) is 1. The van der Waals surface area contributed by atoms with E-state index in [1.54, 1.807) is 0 Å². The molecule has 1 saturated carbocycles. The molecule has 3 atom stereocenters. The third-order valence-electron chi connectivity index (χ3n) is 4.60. The fraction of sp³-hybridized carbons (Fsp3) is 0.600. The van der Waals surface area contributed by atoms with Crippen LogP contribution in [-0.4, -0.2) is 13.0 Å². The summed E-state index contributed by atoms with van der Waals surface area (Å²) in [5, 5.41) is 0. The van der Waals surface area contributed by atoms with E-state index in [2.05, 4.69) is 43.4 Å². The second-order valence-electron chi connectivity index (χ2n) is 5.66. The van der Waals surface area contributed by atoms with Crippen LogP contribution in [0.2, 0.25) is 11.6 Å². The Labute approximate surface area is 105 Å². The van der Waals surface area contributed by atoms with Crippen LogP contribution in [0.15, 0.2) is 36.5 Å². The lowest BCUT2D eigenvalue weighted by atomic mass is 9.45. The summed E-state index contributed by atoms with van der Waals surface area (Å²) in [4.78, 5) is 0. The molecule has 0 radical (unpaired) electrons. The van der Waals surface area contributed by atoms with E-state index in [1.807, 2.05) is 0 Å². The quantitative estimate of drug-likeness (QED) is 0.616. The van der Waals surface area contributed by atoms with Crippen molar-refractivity contribution < 1.29 is 4.65 Å². The van der Waals surface area contributed by atoms with Gasteiger partial charge in [-0.25, -0.2) is 0 Å². The smallest absolute Gasteiger partial charge is 0.304 e. The molecule has 3 aliphatic rings. The molecular weight excluding hydrogens is 207 g/mol. The van der Waals surface area contributed by atoms with Crippen molar-refractivity contribution in [1.29, 1.82) is 0 Å². The molecule has 1 nitrogen and oxygen atoms in total. The van der Waals surface area contributed by atoms with Crippen molar-refractivity contribution in [3.63, 3.8) is 0 Å². The molecule has 2 fully saturated rings. The molecule has 0 bridgehead atoms. The Balaban J connectivity index is 1.84. The highest BCUT2D eigenvalue weighted by molar-refractivity contribution is 6.57. The van der Waals surface area contributed by atoms with Crippen LogP contribution in [-0.2, 0) is 4.65 Å². The number of allylic oxidation sites excluding steroid dienone is 5. The molecule has 17 heavy (non-hydrogen) atoms. The van der Waals surface area contributed by atoms with E-state index in [0.29, 0.717) is 24.8 Å². The molecule has 3 rings (SSSR count). The zero-order valence-electron chi connectivity index (χ0n) is 10.6. The summed E-state index contributed by atoms with van der Waals surface area (Å²) in [5.74, 6) is 1.96. The third-order valence-corrected chi connectivity index (χ3v) is 4.60. The van der Waals surface area contributed by atoms with Gasteiger partial charge in [0.2, 0.25) is 0 Å². The molecule has 1 aliphatic heterocycles. The first-order chi connectivity index (χ1) is 8.36. The lowest BCUT2D eigenvalue weighted by molar-refractivity contribution is 0.219. The molecule has 90 valence electrons. The highest BCUT2D eigenvalue weighted by atomic mass is 16.5. The van der Waals surface area contributed by atoms with E-state index in [1.165, 1.54) is 25.7 Å². The standard InChI is InChI=1S/C15H21BO/c1-12-14-10-4-2-3-5-11-15(14)16(17-12)13-8-6-7-9-13/h2-5,10-15H,6-9H2,1H3/b3-2-,10-4-,11-5-/t12?,14-,15-/m1/s1. The monoisotopic (exact) mass is 228 g/mol. The first kappa shape index (κ1) is 11.3. The minimum absolute atomic E-state index is 0.373. The molecule has 2 heteroatoms. The van der Waals surface area contributed by atoms with Crippen LogP contribution in [0, 0.1) is 5.92 Å². The van der Waals surface area contributed by atoms with Crippen molar-refractivity contribution in [3.8, 4) is 0 Å². The first-order valence-corrected chi connectivity index (χ1v) is 7.03. The van der Waals surface area contributed by atoms with Crippen molar-refractivity contribution in [1.82, 2.24) is 0 Å². The maximum Gasteiger partial charge on any atom is 0.304 e. The summed E-state index contributed by atoms with van der Waals surface area (Å²) in [5.41, 5.74) is 0. The van der Waals surface area contributed by atoms with Crippen molar-refractivity contribution in [2.45, 2.75) is 50.3 Å². The van der Waals surface area contributed by atoms with Crippen LogP contribution in [0.4, 0.5) is 0 Å². The van der Waals surface area contributed by atoms with E-state index in [-0.39, 0.29) is 0 Å². The summed E-state index contributed by atoms with van der Waals surface area (Å²) in [6, 6.07) is 0. The second kappa shape index (κ2) is 4.85. The maximum absolute atomic E-state index is 6.27. The van der Waals surface area contributed by atoms with Crippen LogP contribution in [0.3, 0.4) is 0 Å².